The highest BCUT2D eigenvalue weighted by molar-refractivity contribution is 4.79. The van der Waals surface area contributed by atoms with Crippen molar-refractivity contribution in [2.24, 2.45) is 0 Å². The fraction of sp³-hybridized carbons (Fsp3) is 1.00. The van der Waals surface area contributed by atoms with E-state index in [1.807, 2.05) is 20.8 Å². The van der Waals surface area contributed by atoms with Crippen LogP contribution in [0.3, 0.4) is 0 Å². The first-order valence-electron chi connectivity index (χ1n) is 5.38. The minimum Gasteiger partial charge on any atom is -0.298 e. The molecule has 0 aliphatic carbocycles. The second kappa shape index (κ2) is 2.30. The van der Waals surface area contributed by atoms with Gasteiger partial charge in [0, 0.05) is 11.0 Å². The average Bonchev–Trinajstić information content (AvgIpc) is 1.98. The maximum absolute atomic E-state index is 7.71. The molecule has 0 atom stereocenters. The Kier molecular flexibility index (Phi) is 0.862. The van der Waals surface area contributed by atoms with Crippen LogP contribution in [0.4, 0.5) is 0 Å². The number of likely N-dealkylation sites (tertiary alicyclic amines) is 1. The molecule has 1 heteroatoms. The molecule has 0 saturated carbocycles. The summed E-state index contributed by atoms with van der Waals surface area (Å²) in [6, 6.07) is 0. The molecule has 1 fully saturated rings. The summed E-state index contributed by atoms with van der Waals surface area (Å²) in [5.74, 6) is 0. The van der Waals surface area contributed by atoms with Gasteiger partial charge < -0.3 is 0 Å². The van der Waals surface area contributed by atoms with Crippen LogP contribution >= 0.6 is 0 Å². The molecule has 1 heterocycles. The van der Waals surface area contributed by atoms with Crippen LogP contribution in [0.15, 0.2) is 0 Å². The normalized spacial score (nSPS) is 40.8. The van der Waals surface area contributed by atoms with Crippen LogP contribution in [0.5, 0.6) is 0 Å². The summed E-state index contributed by atoms with van der Waals surface area (Å²) < 4.78 is 30.8. The van der Waals surface area contributed by atoms with Gasteiger partial charge in [-0.2, -0.15) is 0 Å². The van der Waals surface area contributed by atoms with E-state index in [0.29, 0.717) is 0 Å². The van der Waals surface area contributed by atoms with E-state index in [1.54, 1.807) is 0 Å². The molecule has 0 bridgehead atoms. The van der Waals surface area contributed by atoms with Crippen molar-refractivity contribution >= 4 is 0 Å². The van der Waals surface area contributed by atoms with Crippen LogP contribution in [0.25, 0.3) is 0 Å². The molecular weight excluding hydrogens is 110 g/mol. The molecule has 54 valence electrons. The Hall–Kier alpha value is -0.0400. The third-order valence-corrected chi connectivity index (χ3v) is 1.34. The van der Waals surface area contributed by atoms with E-state index in [-0.39, 0.29) is 12.8 Å². The van der Waals surface area contributed by atoms with E-state index in [9.17, 15) is 0 Å². The standard InChI is InChI=1S/C8H17N/c1-8(2,3)9-6-4-5-7-9/h4-7H2,1-3H3/i6D2,7D2. The zero-order chi connectivity index (χ0) is 10.5. The summed E-state index contributed by atoms with van der Waals surface area (Å²) in [7, 11) is 0. The van der Waals surface area contributed by atoms with Crippen LogP contribution in [0.1, 0.15) is 39.1 Å². The molecule has 0 unspecified atom stereocenters. The lowest BCUT2D eigenvalue weighted by Crippen LogP contribution is -2.38. The maximum Gasteiger partial charge on any atom is 0.0431 e. The molecule has 1 nitrogen and oxygen atoms in total. The maximum atomic E-state index is 7.71. The Balaban J connectivity index is 3.02. The first kappa shape index (κ1) is 3.38. The molecule has 0 spiro atoms. The van der Waals surface area contributed by atoms with Gasteiger partial charge in [-0.1, -0.05) is 0 Å². The minimum absolute atomic E-state index is 0.275. The largest absolute Gasteiger partial charge is 0.298 e. The molecule has 1 aliphatic rings. The van der Waals surface area contributed by atoms with Gasteiger partial charge in [-0.05, 0) is 46.6 Å². The molecule has 1 saturated heterocycles. The summed E-state index contributed by atoms with van der Waals surface area (Å²) in [6.07, 6.45) is 0.550. The van der Waals surface area contributed by atoms with Crippen molar-refractivity contribution < 1.29 is 5.48 Å². The van der Waals surface area contributed by atoms with Gasteiger partial charge in [-0.15, -0.1) is 0 Å². The first-order valence-corrected chi connectivity index (χ1v) is 3.38. The van der Waals surface area contributed by atoms with Crippen LogP contribution in [-0.2, 0) is 0 Å². The lowest BCUT2D eigenvalue weighted by molar-refractivity contribution is 0.175. The molecule has 0 aromatic heterocycles. The van der Waals surface area contributed by atoms with Crippen molar-refractivity contribution in [3.8, 4) is 0 Å². The SMILES string of the molecule is [2H]C1([2H])CCC([2H])([2H])N1C(C)(C)C. The van der Waals surface area contributed by atoms with Crippen LogP contribution in [0.2, 0.25) is 0 Å². The second-order valence-corrected chi connectivity index (χ2v) is 3.32. The van der Waals surface area contributed by atoms with Crippen LogP contribution in [0, 0.1) is 0 Å². The molecular formula is C8H17N. The van der Waals surface area contributed by atoms with Crippen molar-refractivity contribution in [2.75, 3.05) is 13.0 Å². The average molecular weight is 131 g/mol. The number of nitrogens with zero attached hydrogens (tertiary/aromatic N) is 1. The van der Waals surface area contributed by atoms with E-state index in [1.165, 1.54) is 4.90 Å². The van der Waals surface area contributed by atoms with E-state index >= 15 is 0 Å². The number of rotatable bonds is 0. The summed E-state index contributed by atoms with van der Waals surface area (Å²) in [5.41, 5.74) is -0.469. The number of hydrogen-bond donors (Lipinski definition) is 0. The van der Waals surface area contributed by atoms with Gasteiger partial charge >= 0.3 is 0 Å². The van der Waals surface area contributed by atoms with Crippen molar-refractivity contribution in [3.05, 3.63) is 0 Å². The Morgan fingerprint density at radius 3 is 1.89 bits per heavy atom. The van der Waals surface area contributed by atoms with Gasteiger partial charge in [-0.25, -0.2) is 0 Å². The van der Waals surface area contributed by atoms with Crippen LogP contribution < -0.4 is 0 Å². The third-order valence-electron chi connectivity index (χ3n) is 1.34. The molecule has 1 aliphatic heterocycles. The summed E-state index contributed by atoms with van der Waals surface area (Å²) in [6.45, 7) is 2.50. The molecule has 1 rings (SSSR count). The van der Waals surface area contributed by atoms with Crippen molar-refractivity contribution in [3.63, 3.8) is 0 Å². The molecule has 0 radical (unpaired) electrons. The summed E-state index contributed by atoms with van der Waals surface area (Å²) >= 11 is 0. The van der Waals surface area contributed by atoms with E-state index < -0.39 is 18.5 Å². The van der Waals surface area contributed by atoms with Crippen LogP contribution in [-0.4, -0.2) is 23.4 Å². The third kappa shape index (κ3) is 1.68. The van der Waals surface area contributed by atoms with Gasteiger partial charge in [-0.3, -0.25) is 4.90 Å². The van der Waals surface area contributed by atoms with Gasteiger partial charge in [0.15, 0.2) is 0 Å². The van der Waals surface area contributed by atoms with Crippen molar-refractivity contribution in [1.29, 1.82) is 0 Å². The molecule has 0 N–H and O–H groups in total. The lowest BCUT2D eigenvalue weighted by atomic mass is 10.1. The highest BCUT2D eigenvalue weighted by Gasteiger charge is 2.23. The minimum atomic E-state index is -1.51. The van der Waals surface area contributed by atoms with Gasteiger partial charge in [0.2, 0.25) is 0 Å². The van der Waals surface area contributed by atoms with Crippen molar-refractivity contribution in [2.45, 2.75) is 39.2 Å². The fourth-order valence-electron chi connectivity index (χ4n) is 0.866. The lowest BCUT2D eigenvalue weighted by Gasteiger charge is -2.31. The van der Waals surface area contributed by atoms with E-state index in [2.05, 4.69) is 0 Å². The van der Waals surface area contributed by atoms with Crippen molar-refractivity contribution in [1.82, 2.24) is 4.90 Å². The Morgan fingerprint density at radius 2 is 1.67 bits per heavy atom. The zero-order valence-electron chi connectivity index (χ0n) is 10.4. The summed E-state index contributed by atoms with van der Waals surface area (Å²) in [5, 5.41) is 0. The predicted molar refractivity (Wildman–Crippen MR) is 40.6 cm³/mol. The Labute approximate surface area is 63.7 Å². The van der Waals surface area contributed by atoms with Gasteiger partial charge in [0.05, 0.1) is 0 Å². The molecule has 0 amide bonds. The summed E-state index contributed by atoms with van der Waals surface area (Å²) in [4.78, 5) is 1.34. The predicted octanol–water partition coefficient (Wildman–Crippen LogP) is 1.88. The Bertz CT molecular complexity index is 191. The van der Waals surface area contributed by atoms with E-state index in [4.69, 9.17) is 5.48 Å². The molecule has 9 heavy (non-hydrogen) atoms. The Morgan fingerprint density at radius 1 is 1.22 bits per heavy atom. The highest BCUT2D eigenvalue weighted by atomic mass is 15.2. The molecule has 0 aromatic rings. The molecule has 0 aromatic carbocycles. The second-order valence-electron chi connectivity index (χ2n) is 3.32. The van der Waals surface area contributed by atoms with E-state index in [0.717, 1.165) is 0 Å². The van der Waals surface area contributed by atoms with Gasteiger partial charge in [0.1, 0.15) is 0 Å². The zero-order valence-corrected chi connectivity index (χ0v) is 6.36. The fourth-order valence-corrected chi connectivity index (χ4v) is 0.866. The highest BCUT2D eigenvalue weighted by Crippen LogP contribution is 2.19. The quantitative estimate of drug-likeness (QED) is 0.485. The number of hydrogen-bond acceptors (Lipinski definition) is 1. The monoisotopic (exact) mass is 131 g/mol. The smallest absolute Gasteiger partial charge is 0.0431 e. The van der Waals surface area contributed by atoms with Gasteiger partial charge in [0.25, 0.3) is 0 Å². The topological polar surface area (TPSA) is 3.24 Å². The first-order chi connectivity index (χ1) is 5.57.